The molecule has 0 saturated carbocycles. The van der Waals surface area contributed by atoms with Gasteiger partial charge in [-0.2, -0.15) is 0 Å². The largest absolute Gasteiger partial charge is 0.489 e. The molecule has 0 amide bonds. The summed E-state index contributed by atoms with van der Waals surface area (Å²) in [6.45, 7) is 3.73. The van der Waals surface area contributed by atoms with Gasteiger partial charge in [-0.05, 0) is 42.2 Å². The average molecular weight is 300 g/mol. The molecule has 0 aliphatic carbocycles. The minimum absolute atomic E-state index is 0.302. The molecule has 1 heterocycles. The zero-order valence-electron chi connectivity index (χ0n) is 12.2. The van der Waals surface area contributed by atoms with Gasteiger partial charge in [0.05, 0.1) is 6.61 Å². The predicted octanol–water partition coefficient (Wildman–Crippen LogP) is 4.74. The van der Waals surface area contributed by atoms with Gasteiger partial charge in [0.15, 0.2) is 0 Å². The van der Waals surface area contributed by atoms with E-state index in [9.17, 15) is 0 Å². The van der Waals surface area contributed by atoms with Crippen LogP contribution in [-0.4, -0.2) is 12.0 Å². The first-order valence-corrected chi connectivity index (χ1v) is 8.22. The van der Waals surface area contributed by atoms with Crippen molar-refractivity contribution in [2.45, 2.75) is 30.3 Å². The van der Waals surface area contributed by atoms with Crippen LogP contribution in [0.25, 0.3) is 0 Å². The molecular formula is C18H20O2S. The molecule has 1 unspecified atom stereocenters. The highest BCUT2D eigenvalue weighted by molar-refractivity contribution is 7.99. The Morgan fingerprint density at radius 1 is 1.10 bits per heavy atom. The summed E-state index contributed by atoms with van der Waals surface area (Å²) in [5.74, 6) is 1.58. The molecule has 0 N–H and O–H groups in total. The lowest BCUT2D eigenvalue weighted by Crippen LogP contribution is -1.98. The average Bonchev–Trinajstić information content (AvgIpc) is 2.93. The topological polar surface area (TPSA) is 18.5 Å². The lowest BCUT2D eigenvalue weighted by atomic mass is 10.2. The Balaban J connectivity index is 1.52. The summed E-state index contributed by atoms with van der Waals surface area (Å²) >= 11 is 1.80. The molecule has 21 heavy (non-hydrogen) atoms. The highest BCUT2D eigenvalue weighted by Crippen LogP contribution is 2.33. The summed E-state index contributed by atoms with van der Waals surface area (Å²) < 4.78 is 11.5. The molecule has 0 spiro atoms. The Kier molecular flexibility index (Phi) is 4.84. The van der Waals surface area contributed by atoms with E-state index in [0.717, 1.165) is 18.8 Å². The third-order valence-electron chi connectivity index (χ3n) is 3.50. The van der Waals surface area contributed by atoms with Crippen molar-refractivity contribution >= 4 is 11.8 Å². The van der Waals surface area contributed by atoms with Gasteiger partial charge in [0, 0.05) is 4.90 Å². The standard InChI is InChI=1S/C18H20O2S/c1-14-11-18(20-12-14)21-17-9-7-16(8-10-17)19-13-15-5-3-2-4-6-15/h2-10,14,18H,11-13H2,1H3/t14-,18?/m1/s1. The van der Waals surface area contributed by atoms with Gasteiger partial charge in [-0.25, -0.2) is 0 Å². The van der Waals surface area contributed by atoms with Gasteiger partial charge < -0.3 is 9.47 Å². The van der Waals surface area contributed by atoms with Crippen LogP contribution in [-0.2, 0) is 11.3 Å². The second kappa shape index (κ2) is 7.01. The minimum Gasteiger partial charge on any atom is -0.489 e. The fraction of sp³-hybridized carbons (Fsp3) is 0.333. The first kappa shape index (κ1) is 14.5. The Bertz CT molecular complexity index is 553. The number of rotatable bonds is 5. The summed E-state index contributed by atoms with van der Waals surface area (Å²) in [7, 11) is 0. The minimum atomic E-state index is 0.302. The maximum atomic E-state index is 5.79. The normalized spacial score (nSPS) is 21.4. The van der Waals surface area contributed by atoms with Crippen molar-refractivity contribution in [3.05, 3.63) is 60.2 Å². The number of hydrogen-bond acceptors (Lipinski definition) is 3. The van der Waals surface area contributed by atoms with Crippen LogP contribution >= 0.6 is 11.8 Å². The molecule has 0 radical (unpaired) electrons. The Morgan fingerprint density at radius 2 is 1.86 bits per heavy atom. The molecule has 1 saturated heterocycles. The maximum absolute atomic E-state index is 5.79. The molecule has 2 aromatic carbocycles. The van der Waals surface area contributed by atoms with E-state index in [-0.39, 0.29) is 0 Å². The van der Waals surface area contributed by atoms with Gasteiger partial charge in [-0.1, -0.05) is 49.0 Å². The van der Waals surface area contributed by atoms with Crippen LogP contribution in [0.15, 0.2) is 59.5 Å². The molecule has 110 valence electrons. The molecule has 0 aromatic heterocycles. The lowest BCUT2D eigenvalue weighted by molar-refractivity contribution is 0.166. The van der Waals surface area contributed by atoms with Crippen LogP contribution in [0.3, 0.4) is 0 Å². The van der Waals surface area contributed by atoms with Crippen LogP contribution in [0.1, 0.15) is 18.9 Å². The Labute approximate surface area is 130 Å². The number of hydrogen-bond donors (Lipinski definition) is 0. The summed E-state index contributed by atoms with van der Waals surface area (Å²) in [6.07, 6.45) is 1.14. The highest BCUT2D eigenvalue weighted by atomic mass is 32.2. The molecule has 3 heteroatoms. The Hall–Kier alpha value is -1.45. The van der Waals surface area contributed by atoms with Crippen LogP contribution in [0, 0.1) is 5.92 Å². The molecule has 1 aliphatic rings. The van der Waals surface area contributed by atoms with E-state index in [1.807, 2.05) is 30.3 Å². The van der Waals surface area contributed by atoms with E-state index in [4.69, 9.17) is 9.47 Å². The zero-order valence-corrected chi connectivity index (χ0v) is 13.0. The summed E-state index contributed by atoms with van der Waals surface area (Å²) in [6, 6.07) is 18.5. The zero-order chi connectivity index (χ0) is 14.5. The van der Waals surface area contributed by atoms with E-state index in [2.05, 4.69) is 31.2 Å². The quantitative estimate of drug-likeness (QED) is 0.794. The second-order valence-electron chi connectivity index (χ2n) is 5.47. The van der Waals surface area contributed by atoms with Crippen molar-refractivity contribution in [2.24, 2.45) is 5.92 Å². The second-order valence-corrected chi connectivity index (χ2v) is 6.70. The van der Waals surface area contributed by atoms with Crippen LogP contribution < -0.4 is 4.74 Å². The van der Waals surface area contributed by atoms with Crippen molar-refractivity contribution in [1.82, 2.24) is 0 Å². The molecule has 1 aliphatic heterocycles. The lowest BCUT2D eigenvalue weighted by Gasteiger charge is -2.10. The molecule has 2 aromatic rings. The molecular weight excluding hydrogens is 280 g/mol. The van der Waals surface area contributed by atoms with Gasteiger partial charge >= 0.3 is 0 Å². The predicted molar refractivity (Wildman–Crippen MR) is 86.6 cm³/mol. The molecule has 2 nitrogen and oxygen atoms in total. The van der Waals surface area contributed by atoms with E-state index in [1.165, 1.54) is 10.5 Å². The maximum Gasteiger partial charge on any atom is 0.119 e. The van der Waals surface area contributed by atoms with E-state index in [1.54, 1.807) is 11.8 Å². The van der Waals surface area contributed by atoms with Gasteiger partial charge in [0.1, 0.15) is 17.8 Å². The number of ether oxygens (including phenoxy) is 2. The molecule has 3 rings (SSSR count). The summed E-state index contributed by atoms with van der Waals surface area (Å²) in [5, 5.41) is 0. The first-order chi connectivity index (χ1) is 10.3. The summed E-state index contributed by atoms with van der Waals surface area (Å²) in [4.78, 5) is 1.24. The van der Waals surface area contributed by atoms with Crippen LogP contribution in [0.5, 0.6) is 5.75 Å². The van der Waals surface area contributed by atoms with E-state index in [0.29, 0.717) is 18.0 Å². The first-order valence-electron chi connectivity index (χ1n) is 7.34. The van der Waals surface area contributed by atoms with Gasteiger partial charge in [-0.3, -0.25) is 0 Å². The third-order valence-corrected chi connectivity index (χ3v) is 4.64. The van der Waals surface area contributed by atoms with E-state index >= 15 is 0 Å². The van der Waals surface area contributed by atoms with Gasteiger partial charge in [0.2, 0.25) is 0 Å². The number of benzene rings is 2. The van der Waals surface area contributed by atoms with Crippen molar-refractivity contribution in [2.75, 3.05) is 6.61 Å². The van der Waals surface area contributed by atoms with Crippen molar-refractivity contribution in [3.63, 3.8) is 0 Å². The third kappa shape index (κ3) is 4.26. The van der Waals surface area contributed by atoms with Crippen LogP contribution in [0.4, 0.5) is 0 Å². The molecule has 1 fully saturated rings. The molecule has 2 atom stereocenters. The fourth-order valence-electron chi connectivity index (χ4n) is 2.33. The highest BCUT2D eigenvalue weighted by Gasteiger charge is 2.22. The van der Waals surface area contributed by atoms with Gasteiger partial charge in [-0.15, -0.1) is 0 Å². The van der Waals surface area contributed by atoms with Crippen LogP contribution in [0.2, 0.25) is 0 Å². The monoisotopic (exact) mass is 300 g/mol. The smallest absolute Gasteiger partial charge is 0.119 e. The number of thioether (sulfide) groups is 1. The summed E-state index contributed by atoms with van der Waals surface area (Å²) in [5.41, 5.74) is 1.49. The van der Waals surface area contributed by atoms with Crippen molar-refractivity contribution in [1.29, 1.82) is 0 Å². The van der Waals surface area contributed by atoms with E-state index < -0.39 is 0 Å². The fourth-order valence-corrected chi connectivity index (χ4v) is 3.49. The SMILES string of the molecule is C[C@H]1COC(Sc2ccc(OCc3ccccc3)cc2)C1. The van der Waals surface area contributed by atoms with Crippen molar-refractivity contribution < 1.29 is 9.47 Å². The Morgan fingerprint density at radius 3 is 2.52 bits per heavy atom. The van der Waals surface area contributed by atoms with Crippen molar-refractivity contribution in [3.8, 4) is 5.75 Å². The molecule has 0 bridgehead atoms. The van der Waals surface area contributed by atoms with Gasteiger partial charge in [0.25, 0.3) is 0 Å².